The molecule has 138 valence electrons. The van der Waals surface area contributed by atoms with Crippen molar-refractivity contribution in [2.24, 2.45) is 0 Å². The van der Waals surface area contributed by atoms with Crippen molar-refractivity contribution in [3.63, 3.8) is 0 Å². The molecule has 0 unspecified atom stereocenters. The molecule has 27 heavy (non-hydrogen) atoms. The van der Waals surface area contributed by atoms with Crippen LogP contribution in [0.25, 0.3) is 11.3 Å². The van der Waals surface area contributed by atoms with Crippen LogP contribution in [0.1, 0.15) is 16.6 Å². The van der Waals surface area contributed by atoms with E-state index in [-0.39, 0.29) is 11.5 Å². The van der Waals surface area contributed by atoms with E-state index < -0.39 is 0 Å². The van der Waals surface area contributed by atoms with Gasteiger partial charge in [0.2, 0.25) is 5.56 Å². The maximum absolute atomic E-state index is 12.8. The monoisotopic (exact) mass is 400 g/mol. The molecule has 0 aliphatic heterocycles. The van der Waals surface area contributed by atoms with Gasteiger partial charge >= 0.3 is 0 Å². The molecule has 0 aliphatic carbocycles. The van der Waals surface area contributed by atoms with Crippen LogP contribution in [0.15, 0.2) is 65.6 Å². The Hall–Kier alpha value is -2.90. The highest BCUT2D eigenvalue weighted by Crippen LogP contribution is 2.25. The third-order valence-corrected chi connectivity index (χ3v) is 5.05. The maximum atomic E-state index is 12.8. The molecule has 0 fully saturated rings. The molecule has 2 N–H and O–H groups in total. The summed E-state index contributed by atoms with van der Waals surface area (Å²) in [6.45, 7) is 5.92. The second-order valence-electron chi connectivity index (χ2n) is 5.58. The fourth-order valence-corrected chi connectivity index (χ4v) is 3.51. The zero-order chi connectivity index (χ0) is 19.4. The average molecular weight is 401 g/mol. The van der Waals surface area contributed by atoms with Gasteiger partial charge in [-0.25, -0.2) is 0 Å². The van der Waals surface area contributed by atoms with Crippen molar-refractivity contribution >= 4 is 34.7 Å². The Morgan fingerprint density at radius 1 is 1.41 bits per heavy atom. The molecule has 0 bridgehead atoms. The minimum atomic E-state index is -0.310. The van der Waals surface area contributed by atoms with E-state index in [4.69, 9.17) is 11.6 Å². The van der Waals surface area contributed by atoms with E-state index in [1.165, 1.54) is 28.2 Å². The predicted octanol–water partition coefficient (Wildman–Crippen LogP) is 4.34. The van der Waals surface area contributed by atoms with Crippen molar-refractivity contribution in [1.82, 2.24) is 14.8 Å². The lowest BCUT2D eigenvalue weighted by molar-refractivity contribution is 0.0947. The Labute approximate surface area is 164 Å². The van der Waals surface area contributed by atoms with Crippen molar-refractivity contribution in [3.05, 3.63) is 80.4 Å². The van der Waals surface area contributed by atoms with Gasteiger partial charge in [-0.1, -0.05) is 30.3 Å². The van der Waals surface area contributed by atoms with Crippen LogP contribution in [0.3, 0.4) is 0 Å². The second kappa shape index (κ2) is 8.20. The average Bonchev–Trinajstić information content (AvgIpc) is 3.27. The van der Waals surface area contributed by atoms with E-state index in [2.05, 4.69) is 22.0 Å². The number of halogens is 1. The van der Waals surface area contributed by atoms with Gasteiger partial charge < -0.3 is 10.3 Å². The van der Waals surface area contributed by atoms with Gasteiger partial charge in [0.25, 0.3) is 5.91 Å². The van der Waals surface area contributed by atoms with Crippen LogP contribution in [0, 0.1) is 0 Å². The molecule has 0 saturated heterocycles. The van der Waals surface area contributed by atoms with Crippen molar-refractivity contribution < 1.29 is 4.79 Å². The quantitative estimate of drug-likeness (QED) is 0.476. The number of thiophene rings is 1. The van der Waals surface area contributed by atoms with Crippen LogP contribution >= 0.6 is 22.9 Å². The normalized spacial score (nSPS) is 11.4. The number of pyridine rings is 1. The number of nitrogens with one attached hydrogen (secondary N) is 2. The number of allylic oxidation sites excluding steroid dienone is 3. The number of H-pyrrole nitrogens is 1. The number of aromatic nitrogens is 3. The number of hydrogen-bond acceptors (Lipinski definition) is 5. The van der Waals surface area contributed by atoms with Crippen LogP contribution in [-0.2, 0) is 6.54 Å². The highest BCUT2D eigenvalue weighted by Gasteiger charge is 2.17. The highest BCUT2D eigenvalue weighted by molar-refractivity contribution is 7.16. The molecule has 6 nitrogen and oxygen atoms in total. The molecule has 3 aromatic heterocycles. The first kappa shape index (κ1) is 18.9. The second-order valence-corrected chi connectivity index (χ2v) is 7.38. The molecule has 0 aliphatic rings. The van der Waals surface area contributed by atoms with Crippen LogP contribution < -0.4 is 10.9 Å². The first-order chi connectivity index (χ1) is 13.0. The summed E-state index contributed by atoms with van der Waals surface area (Å²) < 4.78 is 1.98. The smallest absolute Gasteiger partial charge is 0.279 e. The Kier molecular flexibility index (Phi) is 5.73. The van der Waals surface area contributed by atoms with Gasteiger partial charge in [0.05, 0.1) is 16.6 Å². The standard InChI is InChI=1S/C19H17ClN4O2S/c1-3-12(4-2)19(26)24-17(22-11-14-5-6-16(20)27-14)10-15(23-24)13-7-8-21-18(25)9-13/h3-10,22H,1,11H2,2H3,(H,21,25)/b12-4+. The summed E-state index contributed by atoms with van der Waals surface area (Å²) in [5, 5.41) is 7.61. The summed E-state index contributed by atoms with van der Waals surface area (Å²) in [5.41, 5.74) is 1.32. The number of aromatic amines is 1. The zero-order valence-corrected chi connectivity index (χ0v) is 16.1. The molecule has 0 radical (unpaired) electrons. The Morgan fingerprint density at radius 3 is 2.85 bits per heavy atom. The van der Waals surface area contributed by atoms with Crippen LogP contribution in [-0.4, -0.2) is 20.7 Å². The van der Waals surface area contributed by atoms with Gasteiger partial charge in [-0.3, -0.25) is 9.59 Å². The summed E-state index contributed by atoms with van der Waals surface area (Å²) >= 11 is 7.43. The van der Waals surface area contributed by atoms with Crippen LogP contribution in [0.2, 0.25) is 4.34 Å². The van der Waals surface area contributed by atoms with Gasteiger partial charge in [-0.15, -0.1) is 11.3 Å². The molecule has 0 spiro atoms. The Balaban J connectivity index is 1.99. The minimum Gasteiger partial charge on any atom is -0.365 e. The zero-order valence-electron chi connectivity index (χ0n) is 14.5. The third kappa shape index (κ3) is 4.27. The summed E-state index contributed by atoms with van der Waals surface area (Å²) in [7, 11) is 0. The first-order valence-corrected chi connectivity index (χ1v) is 9.32. The number of carbonyl (C=O) groups excluding carboxylic acids is 1. The fourth-order valence-electron chi connectivity index (χ4n) is 2.48. The lowest BCUT2D eigenvalue weighted by atomic mass is 10.2. The summed E-state index contributed by atoms with van der Waals surface area (Å²) in [6, 6.07) is 8.64. The molecular formula is C19H17ClN4O2S. The minimum absolute atomic E-state index is 0.239. The molecule has 3 heterocycles. The lowest BCUT2D eigenvalue weighted by Crippen LogP contribution is -2.17. The van der Waals surface area contributed by atoms with Gasteiger partial charge in [0, 0.05) is 34.3 Å². The number of nitrogens with zero attached hydrogens (tertiary/aromatic N) is 2. The van der Waals surface area contributed by atoms with Gasteiger partial charge in [0.15, 0.2) is 0 Å². The van der Waals surface area contributed by atoms with E-state index in [9.17, 15) is 9.59 Å². The molecular weight excluding hydrogens is 384 g/mol. The Morgan fingerprint density at radius 2 is 2.22 bits per heavy atom. The number of anilines is 1. The molecule has 0 aromatic carbocycles. The molecule has 0 amide bonds. The van der Waals surface area contributed by atoms with Crippen molar-refractivity contribution in [2.75, 3.05) is 5.32 Å². The lowest BCUT2D eigenvalue weighted by Gasteiger charge is -2.08. The molecule has 0 saturated carbocycles. The van der Waals surface area contributed by atoms with Gasteiger partial charge in [-0.2, -0.15) is 9.78 Å². The van der Waals surface area contributed by atoms with Crippen molar-refractivity contribution in [2.45, 2.75) is 13.5 Å². The summed E-state index contributed by atoms with van der Waals surface area (Å²) in [5.74, 6) is 0.205. The van der Waals surface area contributed by atoms with E-state index >= 15 is 0 Å². The third-order valence-electron chi connectivity index (χ3n) is 3.82. The van der Waals surface area contributed by atoms with E-state index in [1.54, 1.807) is 31.3 Å². The first-order valence-electron chi connectivity index (χ1n) is 8.12. The summed E-state index contributed by atoms with van der Waals surface area (Å²) in [4.78, 5) is 28.0. The topological polar surface area (TPSA) is 79.8 Å². The molecule has 0 atom stereocenters. The molecule has 3 aromatic rings. The molecule has 8 heteroatoms. The van der Waals surface area contributed by atoms with E-state index in [1.807, 2.05) is 12.1 Å². The van der Waals surface area contributed by atoms with E-state index in [0.717, 1.165) is 4.88 Å². The van der Waals surface area contributed by atoms with Crippen molar-refractivity contribution in [3.8, 4) is 11.3 Å². The fraction of sp³-hybridized carbons (Fsp3) is 0.105. The highest BCUT2D eigenvalue weighted by atomic mass is 35.5. The SMILES string of the molecule is C=C/C(=C\C)C(=O)n1nc(-c2cc[nH]c(=O)c2)cc1NCc1ccc(Cl)s1. The van der Waals surface area contributed by atoms with Crippen molar-refractivity contribution in [1.29, 1.82) is 0 Å². The number of carbonyl (C=O) groups is 1. The predicted molar refractivity (Wildman–Crippen MR) is 110 cm³/mol. The molecule has 3 rings (SSSR count). The Bertz CT molecular complexity index is 1080. The van der Waals surface area contributed by atoms with Crippen LogP contribution in [0.5, 0.6) is 0 Å². The van der Waals surface area contributed by atoms with Crippen LogP contribution in [0.4, 0.5) is 5.82 Å². The summed E-state index contributed by atoms with van der Waals surface area (Å²) in [6.07, 6.45) is 4.70. The number of rotatable bonds is 6. The van der Waals surface area contributed by atoms with E-state index in [0.29, 0.717) is 33.5 Å². The maximum Gasteiger partial charge on any atom is 0.279 e. The number of hydrogen-bond donors (Lipinski definition) is 2. The van der Waals surface area contributed by atoms with Gasteiger partial charge in [-0.05, 0) is 25.1 Å². The largest absolute Gasteiger partial charge is 0.365 e. The van der Waals surface area contributed by atoms with Gasteiger partial charge in [0.1, 0.15) is 5.82 Å².